The minimum absolute atomic E-state index is 0.0335. The number of sulfonamides is 1. The number of fused-ring (bicyclic) bond motifs is 1. The molecule has 0 aliphatic heterocycles. The van der Waals surface area contributed by atoms with Gasteiger partial charge in [0.15, 0.2) is 5.71 Å². The van der Waals surface area contributed by atoms with Crippen molar-refractivity contribution in [2.24, 2.45) is 4.40 Å². The number of imidazole rings is 1. The third-order valence-corrected chi connectivity index (χ3v) is 15.4. The number of anilines is 1. The summed E-state index contributed by atoms with van der Waals surface area (Å²) in [5.41, 5.74) is 2.96. The molecule has 20 nitrogen and oxygen atoms in total. The number of benzene rings is 5. The maximum absolute atomic E-state index is 14.4. The van der Waals surface area contributed by atoms with Gasteiger partial charge in [0.25, 0.3) is 15.9 Å². The maximum atomic E-state index is 14.4. The lowest BCUT2D eigenvalue weighted by molar-refractivity contribution is -0.132. The van der Waals surface area contributed by atoms with Gasteiger partial charge in [-0.3, -0.25) is 23.7 Å². The number of amides is 4. The van der Waals surface area contributed by atoms with Crippen LogP contribution in [0.5, 0.6) is 0 Å². The van der Waals surface area contributed by atoms with Crippen LogP contribution < -0.4 is 32.0 Å². The number of esters is 1. The van der Waals surface area contributed by atoms with E-state index >= 15 is 0 Å². The number of aryl methyl sites for hydroxylation is 4. The molecule has 4 amide bonds. The van der Waals surface area contributed by atoms with Gasteiger partial charge in [-0.15, -0.1) is 0 Å². The first kappa shape index (κ1) is 63.6. The number of pyridine rings is 1. The van der Waals surface area contributed by atoms with E-state index in [1.807, 2.05) is 73.8 Å². The zero-order valence-corrected chi connectivity index (χ0v) is 50.0. The molecular formula is C64H75N9O11S. The summed E-state index contributed by atoms with van der Waals surface area (Å²) in [5.74, 6) is -2.07. The van der Waals surface area contributed by atoms with Crippen molar-refractivity contribution < 1.29 is 46.6 Å². The Morgan fingerprint density at radius 1 is 0.694 bits per heavy atom. The highest BCUT2D eigenvalue weighted by Gasteiger charge is 2.40. The normalized spacial score (nSPS) is 11.9. The molecule has 0 bridgehead atoms. The summed E-state index contributed by atoms with van der Waals surface area (Å²) in [6, 6.07) is 39.2. The van der Waals surface area contributed by atoms with E-state index in [4.69, 9.17) is 19.2 Å². The van der Waals surface area contributed by atoms with Crippen LogP contribution in [0.25, 0.3) is 10.9 Å². The van der Waals surface area contributed by atoms with Crippen LogP contribution in [0.4, 0.5) is 10.7 Å². The number of aromatic nitrogens is 3. The third kappa shape index (κ3) is 16.9. The highest BCUT2D eigenvalue weighted by molar-refractivity contribution is 7.90. The highest BCUT2D eigenvalue weighted by Crippen LogP contribution is 2.42. The van der Waals surface area contributed by atoms with Crippen LogP contribution in [0.15, 0.2) is 154 Å². The fraction of sp³-hybridized carbons (Fsp3) is 0.344. The van der Waals surface area contributed by atoms with Crippen LogP contribution in [0, 0.1) is 20.8 Å². The van der Waals surface area contributed by atoms with Crippen molar-refractivity contribution in [2.75, 3.05) is 51.8 Å². The lowest BCUT2D eigenvalue weighted by Crippen LogP contribution is -2.38. The number of carbonyl (C=O) groups excluding carboxylic acids is 5. The monoisotopic (exact) mass is 1180 g/mol. The van der Waals surface area contributed by atoms with Gasteiger partial charge in [0.1, 0.15) is 16.7 Å². The molecule has 2 aromatic heterocycles. The first-order valence-corrected chi connectivity index (χ1v) is 29.6. The fourth-order valence-corrected chi connectivity index (χ4v) is 11.5. The highest BCUT2D eigenvalue weighted by atomic mass is 32.2. The van der Waals surface area contributed by atoms with E-state index in [9.17, 15) is 37.2 Å². The molecule has 448 valence electrons. The third-order valence-electron chi connectivity index (χ3n) is 13.7. The molecule has 85 heavy (non-hydrogen) atoms. The Labute approximate surface area is 495 Å². The number of hydrogen-bond acceptors (Lipinski definition) is 13. The predicted octanol–water partition coefficient (Wildman–Crippen LogP) is 8.03. The summed E-state index contributed by atoms with van der Waals surface area (Å²) in [7, 11) is -3.41. The van der Waals surface area contributed by atoms with Gasteiger partial charge in [0.05, 0.1) is 24.1 Å². The number of carbonyl (C=O) groups is 5. The maximum Gasteiger partial charge on any atom is 0.407 e. The van der Waals surface area contributed by atoms with E-state index in [1.165, 1.54) is 6.20 Å². The van der Waals surface area contributed by atoms with Crippen LogP contribution in [0.3, 0.4) is 0 Å². The van der Waals surface area contributed by atoms with E-state index in [0.717, 1.165) is 34.9 Å². The van der Waals surface area contributed by atoms with Crippen molar-refractivity contribution in [3.63, 3.8) is 0 Å². The Bertz CT molecular complexity index is 3550. The van der Waals surface area contributed by atoms with Crippen molar-refractivity contribution in [3.8, 4) is 0 Å². The number of nitrogens with zero attached hydrogens (tertiary/aromatic N) is 4. The van der Waals surface area contributed by atoms with Gasteiger partial charge in [-0.1, -0.05) is 115 Å². The van der Waals surface area contributed by atoms with E-state index in [2.05, 4.69) is 71.9 Å². The van der Waals surface area contributed by atoms with E-state index in [0.29, 0.717) is 68.2 Å². The molecule has 0 unspecified atom stereocenters. The average Bonchev–Trinajstić information content (AvgIpc) is 1.85. The van der Waals surface area contributed by atoms with Gasteiger partial charge in [0.2, 0.25) is 23.2 Å². The predicted molar refractivity (Wildman–Crippen MR) is 326 cm³/mol. The van der Waals surface area contributed by atoms with Crippen molar-refractivity contribution in [2.45, 2.75) is 103 Å². The van der Waals surface area contributed by atoms with Crippen LogP contribution in [-0.4, -0.2) is 110 Å². The number of ether oxygens (including phenoxy) is 3. The molecule has 0 aliphatic rings. The molecule has 0 radical (unpaired) electrons. The molecule has 7 aromatic rings. The molecule has 0 aliphatic carbocycles. The van der Waals surface area contributed by atoms with E-state index in [1.54, 1.807) is 69.6 Å². The van der Waals surface area contributed by atoms with Gasteiger partial charge in [0, 0.05) is 82.8 Å². The Morgan fingerprint density at radius 3 is 1.80 bits per heavy atom. The minimum atomic E-state index is -4.47. The average molecular weight is 1180 g/mol. The summed E-state index contributed by atoms with van der Waals surface area (Å²) >= 11 is 0. The number of methoxy groups -OCH3 is 1. The molecule has 5 N–H and O–H groups in total. The van der Waals surface area contributed by atoms with Crippen molar-refractivity contribution in [1.82, 2.24) is 35.4 Å². The van der Waals surface area contributed by atoms with Crippen molar-refractivity contribution in [3.05, 3.63) is 195 Å². The SMILES string of the molecule is COC(=O)/C(CNC(=O)c1cn(CCCNC(=O)CCC(=O)NCCCOCCCNC(=O)OC(C)(C)C)c2cc(CNc3nccn3C(c3ccccc3)(c3ccccc3)c3ccccc3)ccc2c1=O)=N/S(=O)(=O)c1c(C)cc(C)cc1C. The Morgan fingerprint density at radius 2 is 1.25 bits per heavy atom. The summed E-state index contributed by atoms with van der Waals surface area (Å²) in [4.78, 5) is 83.6. The summed E-state index contributed by atoms with van der Waals surface area (Å²) in [6.45, 7) is 12.0. The zero-order chi connectivity index (χ0) is 61.2. The molecule has 0 spiro atoms. The van der Waals surface area contributed by atoms with Crippen molar-refractivity contribution in [1.29, 1.82) is 0 Å². The van der Waals surface area contributed by atoms with Crippen LogP contribution in [0.2, 0.25) is 0 Å². The van der Waals surface area contributed by atoms with Gasteiger partial charge < -0.3 is 45.4 Å². The summed E-state index contributed by atoms with van der Waals surface area (Å²) in [5, 5.41) is 14.6. The topological polar surface area (TPSA) is 260 Å². The van der Waals surface area contributed by atoms with Crippen LogP contribution in [0.1, 0.15) is 102 Å². The van der Waals surface area contributed by atoms with Gasteiger partial charge in [-0.05, 0) is 106 Å². The molecular weight excluding hydrogens is 1100 g/mol. The molecule has 0 atom stereocenters. The second kappa shape index (κ2) is 29.5. The Kier molecular flexibility index (Phi) is 22.1. The Hall–Kier alpha value is -8.95. The first-order chi connectivity index (χ1) is 40.7. The second-order valence-electron chi connectivity index (χ2n) is 21.4. The van der Waals surface area contributed by atoms with Crippen LogP contribution >= 0.6 is 0 Å². The zero-order valence-electron chi connectivity index (χ0n) is 49.2. The van der Waals surface area contributed by atoms with Gasteiger partial charge in [-0.25, -0.2) is 14.6 Å². The molecule has 0 fully saturated rings. The van der Waals surface area contributed by atoms with Crippen LogP contribution in [-0.2, 0) is 57.2 Å². The second-order valence-corrected chi connectivity index (χ2v) is 23.0. The molecule has 0 saturated carbocycles. The number of rotatable bonds is 28. The van der Waals surface area contributed by atoms with Gasteiger partial charge >= 0.3 is 12.1 Å². The molecule has 5 aromatic carbocycles. The van der Waals surface area contributed by atoms with E-state index < -0.39 is 56.8 Å². The quantitative estimate of drug-likeness (QED) is 0.0135. The molecule has 2 heterocycles. The fourth-order valence-electron chi connectivity index (χ4n) is 10.1. The minimum Gasteiger partial charge on any atom is -0.464 e. The van der Waals surface area contributed by atoms with Gasteiger partial charge in [-0.2, -0.15) is 12.8 Å². The molecule has 0 saturated heterocycles. The molecule has 7 rings (SSSR count). The number of nitrogens with one attached hydrogen (secondary N) is 5. The van der Waals surface area contributed by atoms with E-state index in [-0.39, 0.29) is 60.1 Å². The molecule has 21 heteroatoms. The largest absolute Gasteiger partial charge is 0.464 e. The summed E-state index contributed by atoms with van der Waals surface area (Å²) < 4.78 is 50.7. The van der Waals surface area contributed by atoms with Crippen molar-refractivity contribution >= 4 is 62.4 Å². The standard InChI is InChI=1S/C64H75N9O11S/c1-44-38-45(2)58(46(3)39-44)85(80,81)71-53(60(78)82-7)42-69-59(77)52-43-72(34-17-30-65-55(74)28-29-56(75)66-31-18-36-83-37-19-32-68-62(79)84-63(4,5)6)54-40-47(26-27-51(54)57(52)76)41-70-61-67-33-35-73(61)64(48-20-11-8-12-21-48,49-22-13-9-14-23-49)50-24-15-10-16-25-50/h8-16,20-27,33,35,38-40,43H,17-19,28-32,34,36-37,41-42H2,1-7H3,(H,65,74)(H,66,75)(H,67,70)(H,68,79)(H,69,77)/b71-53+. The lowest BCUT2D eigenvalue weighted by atomic mass is 9.76. The smallest absolute Gasteiger partial charge is 0.407 e. The Balaban J connectivity index is 1.07. The summed E-state index contributed by atoms with van der Waals surface area (Å²) in [6.07, 6.45) is 5.99. The number of alkyl carbamates (subject to hydrolysis) is 1. The lowest BCUT2D eigenvalue weighted by Gasteiger charge is -2.38. The first-order valence-electron chi connectivity index (χ1n) is 28.2. The number of hydrogen-bond donors (Lipinski definition) is 5.